The van der Waals surface area contributed by atoms with Crippen molar-refractivity contribution >= 4 is 0 Å². The summed E-state index contributed by atoms with van der Waals surface area (Å²) in [6.45, 7) is 10.7. The van der Waals surface area contributed by atoms with Gasteiger partial charge in [-0.15, -0.1) is 18.3 Å². The van der Waals surface area contributed by atoms with Crippen molar-refractivity contribution in [2.45, 2.75) is 106 Å². The van der Waals surface area contributed by atoms with Crippen LogP contribution >= 0.6 is 0 Å². The molecule has 150 valence electrons. The van der Waals surface area contributed by atoms with E-state index in [0.717, 1.165) is 19.3 Å². The van der Waals surface area contributed by atoms with Crippen molar-refractivity contribution in [2.24, 2.45) is 0 Å². The molecule has 0 fully saturated rings. The molecule has 0 bridgehead atoms. The van der Waals surface area contributed by atoms with Crippen LogP contribution in [-0.2, 0) is 15.3 Å². The van der Waals surface area contributed by atoms with Gasteiger partial charge in [0.05, 0.1) is 0 Å². The molecule has 0 aromatic heterocycles. The van der Waals surface area contributed by atoms with Gasteiger partial charge < -0.3 is 15.3 Å². The van der Waals surface area contributed by atoms with Crippen LogP contribution in [0.5, 0.6) is 0 Å². The maximum atomic E-state index is 9.90. The zero-order valence-electron chi connectivity index (χ0n) is 18.5. The SMILES string of the molecule is CCC(C)[O-].CCC(C)[O-].CCC(C)[O-].[CH3][Ti+3]([CH3])([CH3])([CH3])[C]1=CC=CC1. The van der Waals surface area contributed by atoms with E-state index in [4.69, 9.17) is 0 Å². The molecule has 0 N–H and O–H groups in total. The molecule has 3 atom stereocenters. The summed E-state index contributed by atoms with van der Waals surface area (Å²) in [5.41, 5.74) is 0. The normalized spacial score (nSPS) is 15.8. The van der Waals surface area contributed by atoms with Crippen molar-refractivity contribution in [1.82, 2.24) is 0 Å². The monoisotopic (exact) mass is 392 g/mol. The molecule has 1 aliphatic carbocycles. The van der Waals surface area contributed by atoms with Crippen molar-refractivity contribution in [3.63, 3.8) is 0 Å². The third-order valence-electron chi connectivity index (χ3n) is 3.78. The van der Waals surface area contributed by atoms with Crippen LogP contribution in [0.4, 0.5) is 0 Å². The maximum absolute atomic E-state index is 9.90. The molecule has 1 aliphatic rings. The van der Waals surface area contributed by atoms with Crippen molar-refractivity contribution < 1.29 is 30.6 Å². The summed E-state index contributed by atoms with van der Waals surface area (Å²) in [5, 5.41) is 39.6. The summed E-state index contributed by atoms with van der Waals surface area (Å²) in [4.78, 5) is 0. The summed E-state index contributed by atoms with van der Waals surface area (Å²) < 4.78 is 1.72. The van der Waals surface area contributed by atoms with Gasteiger partial charge in [0, 0.05) is 0 Å². The summed E-state index contributed by atoms with van der Waals surface area (Å²) >= 11 is -2.02. The zero-order chi connectivity index (χ0) is 20.7. The van der Waals surface area contributed by atoms with Gasteiger partial charge in [-0.3, -0.25) is 0 Å². The molecule has 4 heteroatoms. The fraction of sp³-hybridized carbons (Fsp3) is 0.810. The molecule has 0 aromatic rings. The van der Waals surface area contributed by atoms with Gasteiger partial charge in [0.1, 0.15) is 0 Å². The van der Waals surface area contributed by atoms with E-state index in [1.165, 1.54) is 6.42 Å². The van der Waals surface area contributed by atoms with E-state index in [1.807, 2.05) is 20.8 Å². The van der Waals surface area contributed by atoms with E-state index in [9.17, 15) is 15.3 Å². The first kappa shape index (κ1) is 29.8. The van der Waals surface area contributed by atoms with Crippen LogP contribution in [0, 0.1) is 0 Å². The van der Waals surface area contributed by atoms with Gasteiger partial charge >= 0.3 is 64.7 Å². The van der Waals surface area contributed by atoms with Gasteiger partial charge in [-0.1, -0.05) is 60.8 Å². The average Bonchev–Trinajstić information content (AvgIpc) is 3.03. The van der Waals surface area contributed by atoms with E-state index in [-0.39, 0.29) is 18.3 Å². The molecule has 1 rings (SSSR count). The molecule has 0 saturated carbocycles. The Balaban J connectivity index is -0.000000279. The van der Waals surface area contributed by atoms with E-state index >= 15 is 0 Å². The van der Waals surface area contributed by atoms with Crippen molar-refractivity contribution in [1.29, 1.82) is 0 Å². The average molecular weight is 392 g/mol. The second kappa shape index (κ2) is 15.2. The molecule has 3 nitrogen and oxygen atoms in total. The summed E-state index contributed by atoms with van der Waals surface area (Å²) in [6.07, 6.45) is 9.14. The van der Waals surface area contributed by atoms with Crippen LogP contribution in [0.1, 0.15) is 67.2 Å². The van der Waals surface area contributed by atoms with Crippen molar-refractivity contribution in [3.8, 4) is 0 Å². The van der Waals surface area contributed by atoms with Crippen LogP contribution in [0.3, 0.4) is 0 Å². The first-order valence-corrected chi connectivity index (χ1v) is 16.8. The fourth-order valence-electron chi connectivity index (χ4n) is 1.19. The Hall–Kier alpha value is 0.0743. The van der Waals surface area contributed by atoms with Gasteiger partial charge in [0.15, 0.2) is 0 Å². The number of allylic oxidation sites excluding steroid dienone is 4. The Morgan fingerprint density at radius 3 is 1.16 bits per heavy atom. The zero-order valence-corrected chi connectivity index (χ0v) is 20.1. The van der Waals surface area contributed by atoms with Crippen LogP contribution in [0.15, 0.2) is 22.1 Å². The first-order valence-electron chi connectivity index (χ1n) is 9.75. The predicted molar refractivity (Wildman–Crippen MR) is 105 cm³/mol. The molecule has 0 radical (unpaired) electrons. The number of rotatable bonds is 4. The topological polar surface area (TPSA) is 69.2 Å². The predicted octanol–water partition coefficient (Wildman–Crippen LogP) is 4.15. The standard InChI is InChI=1S/C5H5.3C4H9O.4CH3.Ti/c1-2-4-5-3-1;3*1-3-4(2)5;;;;;/h1-3H,4H2;3*4H,3H2,1-2H3;4*1H3;/q;3*-1;;;;;+3. The van der Waals surface area contributed by atoms with Gasteiger partial charge in [0.25, 0.3) is 0 Å². The van der Waals surface area contributed by atoms with Gasteiger partial charge in [-0.25, -0.2) is 0 Å². The molecule has 0 aromatic carbocycles. The van der Waals surface area contributed by atoms with E-state index in [0.29, 0.717) is 0 Å². The second-order valence-corrected chi connectivity index (χ2v) is 22.5. The molecule has 0 amide bonds. The Kier molecular flexibility index (Phi) is 18.1. The molecule has 0 aliphatic heterocycles. The Morgan fingerprint density at radius 2 is 1.08 bits per heavy atom. The number of hydrogen-bond acceptors (Lipinski definition) is 3. The fourth-order valence-corrected chi connectivity index (χ4v) is 3.84. The second-order valence-electron chi connectivity index (χ2n) is 8.98. The van der Waals surface area contributed by atoms with E-state index in [2.05, 4.69) is 39.1 Å². The summed E-state index contributed by atoms with van der Waals surface area (Å²) in [5.74, 6) is 0. The van der Waals surface area contributed by atoms with Gasteiger partial charge in [0.2, 0.25) is 0 Å². The molecule has 0 heterocycles. The number of hydrogen-bond donors (Lipinski definition) is 0. The van der Waals surface area contributed by atoms with E-state index in [1.54, 1.807) is 24.6 Å². The minimum atomic E-state index is -2.02. The summed E-state index contributed by atoms with van der Waals surface area (Å²) in [7, 11) is 0. The molecule has 3 unspecified atom stereocenters. The molecule has 25 heavy (non-hydrogen) atoms. The van der Waals surface area contributed by atoms with Crippen LogP contribution in [0.25, 0.3) is 0 Å². The van der Waals surface area contributed by atoms with Crippen LogP contribution in [-0.4, -0.2) is 18.3 Å². The molecular weight excluding hydrogens is 348 g/mol. The Bertz CT molecular complexity index is 333. The van der Waals surface area contributed by atoms with Gasteiger partial charge in [-0.2, -0.15) is 0 Å². The Morgan fingerprint density at radius 1 is 0.800 bits per heavy atom. The van der Waals surface area contributed by atoms with E-state index < -0.39 is 15.3 Å². The van der Waals surface area contributed by atoms with Crippen LogP contribution < -0.4 is 15.3 Å². The molecular formula is C21H44O3Ti. The van der Waals surface area contributed by atoms with Crippen molar-refractivity contribution in [2.75, 3.05) is 0 Å². The molecule has 0 spiro atoms. The van der Waals surface area contributed by atoms with Crippen LogP contribution in [0.2, 0.25) is 20.9 Å². The summed E-state index contributed by atoms with van der Waals surface area (Å²) in [6, 6.07) is 0. The third-order valence-corrected chi connectivity index (χ3v) is 8.37. The van der Waals surface area contributed by atoms with Crippen molar-refractivity contribution in [3.05, 3.63) is 22.1 Å². The Labute approximate surface area is 159 Å². The van der Waals surface area contributed by atoms with Gasteiger partial charge in [-0.05, 0) is 0 Å². The molecule has 0 saturated heterocycles. The quantitative estimate of drug-likeness (QED) is 0.675. The first-order chi connectivity index (χ1) is 11.2. The third kappa shape index (κ3) is 26.4. The minimum absolute atomic E-state index is 0.366.